The molecule has 6 heterocycles. The van der Waals surface area contributed by atoms with E-state index in [1.165, 1.54) is 0 Å². The molecule has 4 aliphatic rings. The van der Waals surface area contributed by atoms with Gasteiger partial charge in [0.1, 0.15) is 11.2 Å². The number of carbonyl (C=O) groups is 1. The van der Waals surface area contributed by atoms with Crippen molar-refractivity contribution >= 4 is 32.7 Å². The van der Waals surface area contributed by atoms with Gasteiger partial charge in [0.05, 0.1) is 0 Å². The average molecular weight is 1010 g/mol. The molecule has 0 saturated carbocycles. The Hall–Kier alpha value is -5.45. The van der Waals surface area contributed by atoms with Crippen LogP contribution in [0.2, 0.25) is 0 Å². The fraction of sp³-hybridized carbons (Fsp3) is 0.132. The quantitative estimate of drug-likeness (QED) is 0.109. The number of carboxylic acid groups (broad SMARTS) is 1. The van der Waals surface area contributed by atoms with Crippen LogP contribution in [0.25, 0.3) is 44.0 Å². The fourth-order valence-corrected chi connectivity index (χ4v) is 4.57. The van der Waals surface area contributed by atoms with Gasteiger partial charge in [-0.2, -0.15) is 47.6 Å². The maximum absolute atomic E-state index is 10.7. The molecule has 0 unspecified atom stereocenters. The predicted octanol–water partition coefficient (Wildman–Crippen LogP) is 17.1. The van der Waals surface area contributed by atoms with Crippen molar-refractivity contribution in [1.29, 1.82) is 0 Å². The number of aromatic nitrogens is 2. The van der Waals surface area contributed by atoms with Gasteiger partial charge in [0.25, 0.3) is 0 Å². The number of benzene rings is 1. The van der Waals surface area contributed by atoms with E-state index in [0.29, 0.717) is 5.89 Å². The molecule has 0 aliphatic carbocycles. The van der Waals surface area contributed by atoms with E-state index in [9.17, 15) is 55.2 Å². The number of rotatable bonds is 7. The van der Waals surface area contributed by atoms with Gasteiger partial charge in [-0.15, -0.1) is 0 Å². The molecule has 0 amide bonds. The van der Waals surface area contributed by atoms with Crippen molar-refractivity contribution in [3.8, 4) is 11.6 Å². The number of hydrogen-bond donors (Lipinski definition) is 1. The standard InChI is InChI=1S/C18H18N2O3.2C10H8N2.2F6P.Ru/c21-17(22)9-3-1-2-6-13-10-11-19-15(12-13)18-20-14-7-4-5-8-16(14)23-18;2*1-3-7-11-9(5-1)10-6-2-4-8-12-10;2*1-7(2,3,4,5)6;/h4-5,7-8,10-12H,1-3,6,9H2,(H,21,22);2*1-8H;;;/q;2*-2;2*-1;+4. The van der Waals surface area contributed by atoms with Gasteiger partial charge in [-0.1, -0.05) is 91.5 Å². The number of aliphatic carboxylic acids is 1. The Morgan fingerprint density at radius 2 is 1.02 bits per heavy atom. The summed E-state index contributed by atoms with van der Waals surface area (Å²) in [7, 11) is -21.3. The number of para-hydroxylation sites is 2. The molecule has 0 fully saturated rings. The summed E-state index contributed by atoms with van der Waals surface area (Å²) in [4.78, 5) is 19.3. The monoisotopic (exact) mass is 1010 g/mol. The first-order valence-corrected chi connectivity index (χ1v) is 21.4. The Morgan fingerprint density at radius 1 is 0.597 bits per heavy atom. The summed E-state index contributed by atoms with van der Waals surface area (Å²) in [6.45, 7) is 0. The number of halogens is 12. The first-order chi connectivity index (χ1) is 28.1. The Labute approximate surface area is 359 Å². The van der Waals surface area contributed by atoms with Crippen LogP contribution in [-0.4, -0.2) is 21.0 Å². The van der Waals surface area contributed by atoms with Crippen LogP contribution in [0.4, 0.5) is 50.4 Å². The molecule has 7 rings (SSSR count). The molecule has 1 aromatic carbocycles. The van der Waals surface area contributed by atoms with Crippen molar-refractivity contribution in [3.05, 3.63) is 190 Å². The molecule has 2 aromatic heterocycles. The zero-order valence-electron chi connectivity index (χ0n) is 31.5. The topological polar surface area (TPSA) is 133 Å². The number of carboxylic acids is 1. The van der Waals surface area contributed by atoms with E-state index >= 15 is 0 Å². The largest absolute Gasteiger partial charge is 4.00 e. The number of nitrogens with zero attached hydrogens (tertiary/aromatic N) is 6. The SMILES string of the molecule is C1=C[N-]C(=C2C=CC=C[N-]2)C=C1.C1=C[N-]C(=C2C=CC=C[N-]2)C=C1.F[P-](F)(F)(F)(F)F.F[P-](F)(F)(F)(F)F.O=C(O)CCCCCc1ccnc(-c2nc3ccccc3o2)c1.[Ru+4]. The molecule has 338 valence electrons. The zero-order chi connectivity index (χ0) is 45.3. The van der Waals surface area contributed by atoms with Crippen LogP contribution in [0.3, 0.4) is 0 Å². The minimum Gasteiger partial charge on any atom is -0.481 e. The molecule has 4 aliphatic heterocycles. The maximum Gasteiger partial charge on any atom is 4.00 e. The summed E-state index contributed by atoms with van der Waals surface area (Å²) in [5.41, 5.74) is 7.12. The summed E-state index contributed by atoms with van der Waals surface area (Å²) < 4.78 is 124. The third-order valence-electron chi connectivity index (χ3n) is 6.88. The van der Waals surface area contributed by atoms with E-state index < -0.39 is 21.6 Å². The maximum atomic E-state index is 10.5. The Morgan fingerprint density at radius 3 is 1.39 bits per heavy atom. The fourth-order valence-electron chi connectivity index (χ4n) is 4.57. The molecule has 0 spiro atoms. The second-order valence-corrected chi connectivity index (χ2v) is 16.1. The van der Waals surface area contributed by atoms with Crippen molar-refractivity contribution in [2.24, 2.45) is 0 Å². The molecule has 3 aromatic rings. The van der Waals surface area contributed by atoms with Gasteiger partial charge in [0.15, 0.2) is 5.58 Å². The van der Waals surface area contributed by atoms with Crippen LogP contribution < -0.4 is 0 Å². The van der Waals surface area contributed by atoms with Crippen molar-refractivity contribution in [3.63, 3.8) is 0 Å². The molecule has 0 atom stereocenters. The third kappa shape index (κ3) is 27.4. The molecular weight excluding hydrogens is 979 g/mol. The summed E-state index contributed by atoms with van der Waals surface area (Å²) >= 11 is 0. The number of fused-ring (bicyclic) bond motifs is 1. The first kappa shape index (κ1) is 52.7. The molecular formula is C38H34F12N6O3P2Ru-2. The van der Waals surface area contributed by atoms with E-state index in [1.807, 2.05) is 109 Å². The van der Waals surface area contributed by atoms with Crippen LogP contribution in [0, 0.1) is 0 Å². The Kier molecular flexibility index (Phi) is 17.5. The number of hydrogen-bond acceptors (Lipinski definition) is 4. The molecule has 0 saturated heterocycles. The number of oxazole rings is 1. The molecule has 1 N–H and O–H groups in total. The van der Waals surface area contributed by atoms with Gasteiger partial charge in [0.2, 0.25) is 5.89 Å². The van der Waals surface area contributed by atoms with Crippen molar-refractivity contribution in [2.45, 2.75) is 32.1 Å². The van der Waals surface area contributed by atoms with Gasteiger partial charge in [0, 0.05) is 12.6 Å². The second kappa shape index (κ2) is 20.6. The minimum absolute atomic E-state index is 0. The first-order valence-electron chi connectivity index (χ1n) is 17.4. The van der Waals surface area contributed by atoms with E-state index in [1.54, 1.807) is 31.0 Å². The summed E-state index contributed by atoms with van der Waals surface area (Å²) in [5.74, 6) is -0.203. The van der Waals surface area contributed by atoms with Gasteiger partial charge >= 0.3 is 91.4 Å². The Bertz CT molecular complexity index is 2120. The van der Waals surface area contributed by atoms with Crippen LogP contribution in [-0.2, 0) is 30.7 Å². The van der Waals surface area contributed by atoms with Gasteiger partial charge in [-0.05, 0) is 49.1 Å². The number of pyridine rings is 1. The molecule has 9 nitrogen and oxygen atoms in total. The predicted molar refractivity (Wildman–Crippen MR) is 215 cm³/mol. The van der Waals surface area contributed by atoms with Crippen LogP contribution in [0.1, 0.15) is 31.2 Å². The molecule has 24 heteroatoms. The number of aryl methyl sites for hydroxylation is 1. The summed E-state index contributed by atoms with van der Waals surface area (Å²) in [6, 6.07) is 11.6. The Balaban J connectivity index is 0.000000290. The van der Waals surface area contributed by atoms with E-state index in [2.05, 4.69) is 31.2 Å². The number of allylic oxidation sites excluding steroid dienone is 12. The second-order valence-electron chi connectivity index (χ2n) is 12.3. The zero-order valence-corrected chi connectivity index (χ0v) is 35.1. The summed E-state index contributed by atoms with van der Waals surface area (Å²) in [6.07, 6.45) is 35.8. The minimum atomic E-state index is -10.7. The van der Waals surface area contributed by atoms with Crippen molar-refractivity contribution in [2.75, 3.05) is 0 Å². The van der Waals surface area contributed by atoms with Crippen LogP contribution in [0.5, 0.6) is 0 Å². The van der Waals surface area contributed by atoms with Crippen molar-refractivity contribution in [1.82, 2.24) is 9.97 Å². The van der Waals surface area contributed by atoms with Gasteiger partial charge in [-0.3, -0.25) is 9.78 Å². The van der Waals surface area contributed by atoms with E-state index in [-0.39, 0.29) is 25.9 Å². The van der Waals surface area contributed by atoms with E-state index in [0.717, 1.165) is 70.8 Å². The van der Waals surface area contributed by atoms with Gasteiger partial charge < -0.3 is 30.8 Å². The smallest absolute Gasteiger partial charge is 0.481 e. The van der Waals surface area contributed by atoms with E-state index in [4.69, 9.17) is 9.52 Å². The van der Waals surface area contributed by atoms with Gasteiger partial charge in [-0.25, -0.2) is 4.98 Å². The van der Waals surface area contributed by atoms with Crippen molar-refractivity contribution < 1.29 is 84.2 Å². The third-order valence-corrected chi connectivity index (χ3v) is 6.88. The molecule has 0 radical (unpaired) electrons. The summed E-state index contributed by atoms with van der Waals surface area (Å²) in [5, 5.41) is 25.4. The van der Waals surface area contributed by atoms with Crippen LogP contribution >= 0.6 is 15.6 Å². The number of unbranched alkanes of at least 4 members (excludes halogenated alkanes) is 2. The normalized spacial score (nSPS) is 19.1. The molecule has 0 bridgehead atoms. The molecule has 62 heavy (non-hydrogen) atoms. The average Bonchev–Trinajstić information content (AvgIpc) is 3.62. The van der Waals surface area contributed by atoms with Crippen LogP contribution in [0.15, 0.2) is 168 Å².